The summed E-state index contributed by atoms with van der Waals surface area (Å²) in [5, 5.41) is 17.6. The molecule has 6 heteroatoms. The Morgan fingerprint density at radius 1 is 1.41 bits per heavy atom. The molecule has 0 aliphatic rings. The molecule has 5 nitrogen and oxygen atoms in total. The number of hydrogen-bond donors (Lipinski definition) is 3. The van der Waals surface area contributed by atoms with Gasteiger partial charge in [-0.05, 0) is 24.5 Å². The van der Waals surface area contributed by atoms with Crippen LogP contribution in [0.3, 0.4) is 0 Å². The summed E-state index contributed by atoms with van der Waals surface area (Å²) in [6.07, 6.45) is 2.30. The van der Waals surface area contributed by atoms with Crippen molar-refractivity contribution in [2.24, 2.45) is 5.92 Å². The molecule has 1 aromatic carbocycles. The van der Waals surface area contributed by atoms with E-state index in [1.165, 1.54) is 0 Å². The second-order valence-corrected chi connectivity index (χ2v) is 6.27. The number of amides is 2. The predicted octanol–water partition coefficient (Wildman–Crippen LogP) is 3.34. The summed E-state index contributed by atoms with van der Waals surface area (Å²) < 4.78 is 0. The first-order chi connectivity index (χ1) is 10.6. The maximum atomic E-state index is 12.1. The summed E-state index contributed by atoms with van der Waals surface area (Å²) in [6.45, 7) is 4.09. The van der Waals surface area contributed by atoms with Gasteiger partial charge in [0.15, 0.2) is 0 Å². The number of rotatable bonds is 6. The molecule has 0 saturated carbocycles. The maximum absolute atomic E-state index is 12.1. The normalized spacial score (nSPS) is 12.2. The summed E-state index contributed by atoms with van der Waals surface area (Å²) >= 11 is 1.56. The van der Waals surface area contributed by atoms with Crippen molar-refractivity contribution >= 4 is 23.1 Å². The van der Waals surface area contributed by atoms with E-state index in [4.69, 9.17) is 5.11 Å². The Morgan fingerprint density at radius 2 is 2.23 bits per heavy atom. The zero-order chi connectivity index (χ0) is 15.9. The van der Waals surface area contributed by atoms with Crippen molar-refractivity contribution in [2.45, 2.75) is 26.3 Å². The van der Waals surface area contributed by atoms with Gasteiger partial charge < -0.3 is 15.7 Å². The van der Waals surface area contributed by atoms with E-state index in [0.29, 0.717) is 6.42 Å². The molecule has 0 spiro atoms. The summed E-state index contributed by atoms with van der Waals surface area (Å²) in [5.41, 5.74) is 1.69. The van der Waals surface area contributed by atoms with Crippen LogP contribution in [-0.4, -0.2) is 28.8 Å². The molecule has 0 saturated heterocycles. The largest absolute Gasteiger partial charge is 0.396 e. The van der Waals surface area contributed by atoms with E-state index in [0.717, 1.165) is 16.3 Å². The molecule has 0 fully saturated rings. The van der Waals surface area contributed by atoms with Crippen LogP contribution in [0.4, 0.5) is 10.5 Å². The summed E-state index contributed by atoms with van der Waals surface area (Å²) in [4.78, 5) is 16.3. The molecule has 118 valence electrons. The minimum atomic E-state index is -0.261. The van der Waals surface area contributed by atoms with Crippen LogP contribution in [-0.2, 0) is 0 Å². The Labute approximate surface area is 134 Å². The highest BCUT2D eigenvalue weighted by atomic mass is 32.1. The van der Waals surface area contributed by atoms with Crippen LogP contribution in [0, 0.1) is 5.92 Å². The van der Waals surface area contributed by atoms with Crippen LogP contribution >= 0.6 is 11.3 Å². The fraction of sp³-hybridized carbons (Fsp3) is 0.375. The number of aromatic nitrogens is 1. The molecule has 2 amide bonds. The monoisotopic (exact) mass is 319 g/mol. The minimum absolute atomic E-state index is 0.0489. The van der Waals surface area contributed by atoms with Gasteiger partial charge in [-0.1, -0.05) is 26.0 Å². The molecule has 1 heterocycles. The van der Waals surface area contributed by atoms with Crippen molar-refractivity contribution in [3.8, 4) is 10.6 Å². The molecule has 3 N–H and O–H groups in total. The standard InChI is InChI=1S/C16H21N3O2S/c1-11(2)14(6-8-20)19-16(21)18-13-5-3-4-12(10-13)15-17-7-9-22-15/h3-5,7,9-11,14,20H,6,8H2,1-2H3,(H2,18,19,21)/t14-/m0/s1. The molecule has 2 rings (SSSR count). The Balaban J connectivity index is 2.01. The number of aliphatic hydroxyl groups is 1. The zero-order valence-corrected chi connectivity index (χ0v) is 13.6. The van der Waals surface area contributed by atoms with Crippen LogP contribution < -0.4 is 10.6 Å². The first-order valence-corrected chi connectivity index (χ1v) is 8.16. The lowest BCUT2D eigenvalue weighted by Gasteiger charge is -2.21. The molecule has 2 aromatic rings. The van der Waals surface area contributed by atoms with E-state index in [2.05, 4.69) is 15.6 Å². The topological polar surface area (TPSA) is 74.2 Å². The molecular formula is C16H21N3O2S. The Bertz CT molecular complexity index is 599. The SMILES string of the molecule is CC(C)[C@H](CCO)NC(=O)Nc1cccc(-c2nccs2)c1. The third-order valence-corrected chi connectivity index (χ3v) is 4.18. The van der Waals surface area contributed by atoms with Crippen LogP contribution in [0.15, 0.2) is 35.8 Å². The highest BCUT2D eigenvalue weighted by molar-refractivity contribution is 7.13. The number of urea groups is 1. The van der Waals surface area contributed by atoms with Gasteiger partial charge in [-0.2, -0.15) is 0 Å². The molecule has 0 aliphatic carbocycles. The van der Waals surface area contributed by atoms with E-state index >= 15 is 0 Å². The first-order valence-electron chi connectivity index (χ1n) is 7.28. The number of thiazole rings is 1. The smallest absolute Gasteiger partial charge is 0.319 e. The molecule has 0 radical (unpaired) electrons. The Kier molecular flexibility index (Phi) is 5.91. The quantitative estimate of drug-likeness (QED) is 0.764. The fourth-order valence-electron chi connectivity index (χ4n) is 2.14. The first kappa shape index (κ1) is 16.5. The van der Waals surface area contributed by atoms with Gasteiger partial charge in [0.25, 0.3) is 0 Å². The molecule has 0 unspecified atom stereocenters. The van der Waals surface area contributed by atoms with Gasteiger partial charge in [0.05, 0.1) is 0 Å². The molecule has 0 aliphatic heterocycles. The second kappa shape index (κ2) is 7.91. The van der Waals surface area contributed by atoms with Crippen molar-refractivity contribution in [1.29, 1.82) is 0 Å². The number of carbonyl (C=O) groups excluding carboxylic acids is 1. The second-order valence-electron chi connectivity index (χ2n) is 5.38. The van der Waals surface area contributed by atoms with E-state index < -0.39 is 0 Å². The van der Waals surface area contributed by atoms with Crippen LogP contribution in [0.25, 0.3) is 10.6 Å². The van der Waals surface area contributed by atoms with Gasteiger partial charge in [-0.25, -0.2) is 9.78 Å². The highest BCUT2D eigenvalue weighted by Gasteiger charge is 2.15. The van der Waals surface area contributed by atoms with Gasteiger partial charge in [0.1, 0.15) is 5.01 Å². The third kappa shape index (κ3) is 4.54. The molecule has 1 aromatic heterocycles. The number of nitrogens with one attached hydrogen (secondary N) is 2. The van der Waals surface area contributed by atoms with Crippen molar-refractivity contribution < 1.29 is 9.90 Å². The molecule has 0 bridgehead atoms. The number of nitrogens with zero attached hydrogens (tertiary/aromatic N) is 1. The number of aliphatic hydroxyl groups excluding tert-OH is 1. The van der Waals surface area contributed by atoms with Crippen molar-refractivity contribution in [3.63, 3.8) is 0 Å². The zero-order valence-electron chi connectivity index (χ0n) is 12.7. The van der Waals surface area contributed by atoms with Gasteiger partial charge in [0.2, 0.25) is 0 Å². The Morgan fingerprint density at radius 3 is 2.86 bits per heavy atom. The van der Waals surface area contributed by atoms with Gasteiger partial charge in [-0.15, -0.1) is 11.3 Å². The van der Waals surface area contributed by atoms with Crippen molar-refractivity contribution in [2.75, 3.05) is 11.9 Å². The highest BCUT2D eigenvalue weighted by Crippen LogP contribution is 2.24. The lowest BCUT2D eigenvalue weighted by molar-refractivity contribution is 0.227. The van der Waals surface area contributed by atoms with Gasteiger partial charge in [0, 0.05) is 35.5 Å². The molecule has 22 heavy (non-hydrogen) atoms. The van der Waals surface area contributed by atoms with E-state index in [1.54, 1.807) is 17.5 Å². The Hall–Kier alpha value is -1.92. The number of anilines is 1. The summed E-state index contributed by atoms with van der Waals surface area (Å²) in [5.74, 6) is 0.263. The lowest BCUT2D eigenvalue weighted by Crippen LogP contribution is -2.41. The average Bonchev–Trinajstić information content (AvgIpc) is 3.01. The summed E-state index contributed by atoms with van der Waals surface area (Å²) in [7, 11) is 0. The van der Waals surface area contributed by atoms with Gasteiger partial charge >= 0.3 is 6.03 Å². The number of carbonyl (C=O) groups is 1. The van der Waals surface area contributed by atoms with Crippen LogP contribution in [0.2, 0.25) is 0 Å². The fourth-order valence-corrected chi connectivity index (χ4v) is 2.78. The van der Waals surface area contributed by atoms with Crippen molar-refractivity contribution in [3.05, 3.63) is 35.8 Å². The number of benzene rings is 1. The van der Waals surface area contributed by atoms with Crippen LogP contribution in [0.5, 0.6) is 0 Å². The molecular weight excluding hydrogens is 298 g/mol. The summed E-state index contributed by atoms with van der Waals surface area (Å²) in [6, 6.07) is 7.28. The average molecular weight is 319 g/mol. The van der Waals surface area contributed by atoms with E-state index in [1.807, 2.05) is 43.5 Å². The minimum Gasteiger partial charge on any atom is -0.396 e. The van der Waals surface area contributed by atoms with Gasteiger partial charge in [-0.3, -0.25) is 0 Å². The van der Waals surface area contributed by atoms with Crippen LogP contribution in [0.1, 0.15) is 20.3 Å². The lowest BCUT2D eigenvalue weighted by atomic mass is 10.0. The van der Waals surface area contributed by atoms with E-state index in [9.17, 15) is 4.79 Å². The maximum Gasteiger partial charge on any atom is 0.319 e. The predicted molar refractivity (Wildman–Crippen MR) is 90.0 cm³/mol. The van der Waals surface area contributed by atoms with E-state index in [-0.39, 0.29) is 24.6 Å². The van der Waals surface area contributed by atoms with Crippen molar-refractivity contribution in [1.82, 2.24) is 10.3 Å². The molecule has 1 atom stereocenters. The number of hydrogen-bond acceptors (Lipinski definition) is 4. The third-order valence-electron chi connectivity index (χ3n) is 3.36.